The second-order valence-corrected chi connectivity index (χ2v) is 3.86. The summed E-state index contributed by atoms with van der Waals surface area (Å²) in [5.74, 6) is 0.132. The molecule has 13 heavy (non-hydrogen) atoms. The average molecular weight is 186 g/mol. The lowest BCUT2D eigenvalue weighted by Crippen LogP contribution is -2.49. The van der Waals surface area contributed by atoms with Crippen LogP contribution in [-0.4, -0.2) is 54.1 Å². The van der Waals surface area contributed by atoms with Gasteiger partial charge in [-0.1, -0.05) is 0 Å². The predicted octanol–water partition coefficient (Wildman–Crippen LogP) is 0.261. The summed E-state index contributed by atoms with van der Waals surface area (Å²) in [6.07, 6.45) is 0.0870. The van der Waals surface area contributed by atoms with Crippen LogP contribution < -0.4 is 0 Å². The Kier molecular flexibility index (Phi) is 2.24. The van der Waals surface area contributed by atoms with Crippen LogP contribution in [0.15, 0.2) is 0 Å². The van der Waals surface area contributed by atoms with E-state index in [2.05, 4.69) is 4.90 Å². The molecule has 0 aromatic heterocycles. The van der Waals surface area contributed by atoms with Crippen LogP contribution in [-0.2, 0) is 4.79 Å². The van der Waals surface area contributed by atoms with E-state index in [0.29, 0.717) is 6.42 Å². The summed E-state index contributed by atoms with van der Waals surface area (Å²) in [7, 11) is 0. The number of piperazine rings is 1. The van der Waals surface area contributed by atoms with Crippen molar-refractivity contribution in [2.45, 2.75) is 25.6 Å². The summed E-state index contributed by atoms with van der Waals surface area (Å²) in [4.78, 5) is 15.0. The Labute approximate surface area is 77.5 Å². The first kappa shape index (κ1) is 8.94. The molecule has 0 spiro atoms. The van der Waals surface area contributed by atoms with Gasteiger partial charge in [-0.15, -0.1) is 0 Å². The van der Waals surface area contributed by atoms with E-state index < -0.39 is 6.17 Å². The van der Waals surface area contributed by atoms with Gasteiger partial charge in [0, 0.05) is 39.1 Å². The summed E-state index contributed by atoms with van der Waals surface area (Å²) in [5.41, 5.74) is 0. The van der Waals surface area contributed by atoms with Gasteiger partial charge in [0.05, 0.1) is 0 Å². The molecule has 1 amide bonds. The van der Waals surface area contributed by atoms with Crippen molar-refractivity contribution in [3.8, 4) is 0 Å². The standard InChI is InChI=1S/C9H15FN2O/c1-7(13)11-2-4-12(5-3-11)9-6-8(9)10/h8-9H,2-6H2,1H3. The number of halogens is 1. The molecule has 2 unspecified atom stereocenters. The highest BCUT2D eigenvalue weighted by molar-refractivity contribution is 5.73. The van der Waals surface area contributed by atoms with Crippen molar-refractivity contribution in [1.29, 1.82) is 0 Å². The highest BCUT2D eigenvalue weighted by Crippen LogP contribution is 2.31. The molecule has 2 aliphatic rings. The highest BCUT2D eigenvalue weighted by Gasteiger charge is 2.43. The van der Waals surface area contributed by atoms with Crippen LogP contribution in [0, 0.1) is 0 Å². The molecule has 1 heterocycles. The lowest BCUT2D eigenvalue weighted by atomic mass is 10.3. The number of carbonyl (C=O) groups is 1. The largest absolute Gasteiger partial charge is 0.340 e. The van der Waals surface area contributed by atoms with Gasteiger partial charge in [0.1, 0.15) is 6.17 Å². The van der Waals surface area contributed by atoms with Gasteiger partial charge in [0.15, 0.2) is 0 Å². The highest BCUT2D eigenvalue weighted by atomic mass is 19.1. The van der Waals surface area contributed by atoms with Gasteiger partial charge < -0.3 is 4.90 Å². The summed E-state index contributed by atoms with van der Waals surface area (Å²) >= 11 is 0. The molecular formula is C9H15FN2O. The zero-order chi connectivity index (χ0) is 9.42. The zero-order valence-corrected chi connectivity index (χ0v) is 7.87. The smallest absolute Gasteiger partial charge is 0.219 e. The van der Waals surface area contributed by atoms with Gasteiger partial charge in [-0.2, -0.15) is 0 Å². The van der Waals surface area contributed by atoms with Crippen molar-refractivity contribution in [3.63, 3.8) is 0 Å². The monoisotopic (exact) mass is 186 g/mol. The molecule has 2 fully saturated rings. The van der Waals surface area contributed by atoms with Crippen LogP contribution in [0.2, 0.25) is 0 Å². The molecule has 1 aliphatic heterocycles. The van der Waals surface area contributed by atoms with Crippen molar-refractivity contribution in [2.24, 2.45) is 0 Å². The normalized spacial score (nSPS) is 34.8. The van der Waals surface area contributed by atoms with Crippen molar-refractivity contribution in [1.82, 2.24) is 9.80 Å². The third-order valence-electron chi connectivity index (χ3n) is 2.91. The fourth-order valence-electron chi connectivity index (χ4n) is 1.90. The van der Waals surface area contributed by atoms with Gasteiger partial charge in [0.2, 0.25) is 5.91 Å². The first-order chi connectivity index (χ1) is 6.18. The fourth-order valence-corrected chi connectivity index (χ4v) is 1.90. The van der Waals surface area contributed by atoms with Crippen molar-refractivity contribution in [3.05, 3.63) is 0 Å². The van der Waals surface area contributed by atoms with Crippen molar-refractivity contribution >= 4 is 5.91 Å². The van der Waals surface area contributed by atoms with E-state index in [-0.39, 0.29) is 11.9 Å². The summed E-state index contributed by atoms with van der Waals surface area (Å²) in [6, 6.07) is 0.161. The molecule has 2 atom stereocenters. The Bertz CT molecular complexity index is 214. The van der Waals surface area contributed by atoms with E-state index >= 15 is 0 Å². The average Bonchev–Trinajstić information content (AvgIpc) is 2.83. The van der Waals surface area contributed by atoms with E-state index in [4.69, 9.17) is 0 Å². The van der Waals surface area contributed by atoms with E-state index in [1.165, 1.54) is 0 Å². The first-order valence-corrected chi connectivity index (χ1v) is 4.82. The molecule has 1 aliphatic carbocycles. The lowest BCUT2D eigenvalue weighted by molar-refractivity contribution is -0.130. The van der Waals surface area contributed by atoms with Crippen LogP contribution in [0.4, 0.5) is 4.39 Å². The molecule has 4 heteroatoms. The topological polar surface area (TPSA) is 23.6 Å². The molecule has 1 saturated heterocycles. The minimum Gasteiger partial charge on any atom is -0.340 e. The molecule has 0 N–H and O–H groups in total. The SMILES string of the molecule is CC(=O)N1CCN(C2CC2F)CC1. The molecule has 0 bridgehead atoms. The van der Waals surface area contributed by atoms with Crippen LogP contribution in [0.1, 0.15) is 13.3 Å². The molecule has 0 radical (unpaired) electrons. The fraction of sp³-hybridized carbons (Fsp3) is 0.889. The third-order valence-corrected chi connectivity index (χ3v) is 2.91. The number of carbonyl (C=O) groups excluding carboxylic acids is 1. The number of amides is 1. The number of rotatable bonds is 1. The minimum atomic E-state index is -0.608. The maximum Gasteiger partial charge on any atom is 0.219 e. The van der Waals surface area contributed by atoms with Crippen molar-refractivity contribution < 1.29 is 9.18 Å². The Morgan fingerprint density at radius 2 is 1.85 bits per heavy atom. The van der Waals surface area contributed by atoms with Crippen LogP contribution in [0.3, 0.4) is 0 Å². The zero-order valence-electron chi connectivity index (χ0n) is 7.87. The summed E-state index contributed by atoms with van der Waals surface area (Å²) in [5, 5.41) is 0. The molecular weight excluding hydrogens is 171 g/mol. The van der Waals surface area contributed by atoms with Gasteiger partial charge in [0.25, 0.3) is 0 Å². The summed E-state index contributed by atoms with van der Waals surface area (Å²) in [6.45, 7) is 4.79. The van der Waals surface area contributed by atoms with E-state index in [1.54, 1.807) is 6.92 Å². The Balaban J connectivity index is 1.79. The molecule has 74 valence electrons. The molecule has 0 aromatic rings. The minimum absolute atomic E-state index is 0.132. The van der Waals surface area contributed by atoms with Crippen LogP contribution >= 0.6 is 0 Å². The maximum atomic E-state index is 12.7. The number of hydrogen-bond acceptors (Lipinski definition) is 2. The van der Waals surface area contributed by atoms with Crippen LogP contribution in [0.5, 0.6) is 0 Å². The second kappa shape index (κ2) is 3.25. The second-order valence-electron chi connectivity index (χ2n) is 3.86. The Morgan fingerprint density at radius 3 is 2.23 bits per heavy atom. The number of hydrogen-bond donors (Lipinski definition) is 0. The first-order valence-electron chi connectivity index (χ1n) is 4.82. The Morgan fingerprint density at radius 1 is 1.31 bits per heavy atom. The predicted molar refractivity (Wildman–Crippen MR) is 47.1 cm³/mol. The van der Waals surface area contributed by atoms with Crippen molar-refractivity contribution in [2.75, 3.05) is 26.2 Å². The Hall–Kier alpha value is -0.640. The quantitative estimate of drug-likeness (QED) is 0.586. The molecule has 2 rings (SSSR count). The van der Waals surface area contributed by atoms with Gasteiger partial charge in [-0.3, -0.25) is 9.69 Å². The molecule has 3 nitrogen and oxygen atoms in total. The van der Waals surface area contributed by atoms with Gasteiger partial charge in [-0.25, -0.2) is 4.39 Å². The summed E-state index contributed by atoms with van der Waals surface area (Å²) < 4.78 is 12.7. The van der Waals surface area contributed by atoms with E-state index in [0.717, 1.165) is 26.2 Å². The van der Waals surface area contributed by atoms with E-state index in [9.17, 15) is 9.18 Å². The number of alkyl halides is 1. The lowest BCUT2D eigenvalue weighted by Gasteiger charge is -2.34. The van der Waals surface area contributed by atoms with E-state index in [1.807, 2.05) is 4.90 Å². The third kappa shape index (κ3) is 1.82. The maximum absolute atomic E-state index is 12.7. The van der Waals surface area contributed by atoms with Crippen LogP contribution in [0.25, 0.3) is 0 Å². The van der Waals surface area contributed by atoms with Gasteiger partial charge >= 0.3 is 0 Å². The number of nitrogens with zero attached hydrogens (tertiary/aromatic N) is 2. The molecule has 1 saturated carbocycles. The molecule has 0 aromatic carbocycles. The van der Waals surface area contributed by atoms with Gasteiger partial charge in [-0.05, 0) is 6.42 Å².